The van der Waals surface area contributed by atoms with E-state index in [0.717, 1.165) is 37.9 Å². The van der Waals surface area contributed by atoms with E-state index in [1.807, 2.05) is 0 Å². The van der Waals surface area contributed by atoms with Crippen molar-refractivity contribution in [2.24, 2.45) is 10.9 Å². The Morgan fingerprint density at radius 1 is 1.17 bits per heavy atom. The molecule has 1 rings (SSSR count). The standard InChI is InChI=1S/C14H29N3.HI/c1-3-11-16-14(15-4-2)17-12-7-10-13-8-5-6-9-13;/h13H,3-12H2,1-2H3,(H2,15,16,17);1H. The fourth-order valence-corrected chi connectivity index (χ4v) is 2.46. The maximum absolute atomic E-state index is 4.50. The van der Waals surface area contributed by atoms with Crippen LogP contribution in [0.25, 0.3) is 0 Å². The molecule has 0 aromatic carbocycles. The van der Waals surface area contributed by atoms with Gasteiger partial charge in [0.25, 0.3) is 0 Å². The van der Waals surface area contributed by atoms with Crippen molar-refractivity contribution >= 4 is 29.9 Å². The first-order chi connectivity index (χ1) is 8.36. The van der Waals surface area contributed by atoms with Crippen molar-refractivity contribution in [3.63, 3.8) is 0 Å². The first kappa shape index (κ1) is 18.0. The summed E-state index contributed by atoms with van der Waals surface area (Å²) in [6, 6.07) is 0. The molecule has 0 amide bonds. The molecule has 0 aliphatic heterocycles. The van der Waals surface area contributed by atoms with Crippen molar-refractivity contribution in [1.82, 2.24) is 10.6 Å². The number of nitrogens with zero attached hydrogens (tertiary/aromatic N) is 1. The van der Waals surface area contributed by atoms with Crippen LogP contribution >= 0.6 is 24.0 Å². The lowest BCUT2D eigenvalue weighted by atomic mass is 10.0. The van der Waals surface area contributed by atoms with Gasteiger partial charge in [0.05, 0.1) is 0 Å². The summed E-state index contributed by atoms with van der Waals surface area (Å²) in [5.41, 5.74) is 0. The lowest BCUT2D eigenvalue weighted by Gasteiger charge is -2.12. The quantitative estimate of drug-likeness (QED) is 0.313. The van der Waals surface area contributed by atoms with Crippen LogP contribution in [-0.2, 0) is 0 Å². The zero-order valence-electron chi connectivity index (χ0n) is 12.0. The number of hydrogen-bond acceptors (Lipinski definition) is 1. The molecule has 0 atom stereocenters. The average Bonchev–Trinajstić information content (AvgIpc) is 2.84. The second-order valence-electron chi connectivity index (χ2n) is 4.98. The lowest BCUT2D eigenvalue weighted by Crippen LogP contribution is -2.37. The Morgan fingerprint density at radius 3 is 2.50 bits per heavy atom. The molecule has 1 aliphatic rings. The van der Waals surface area contributed by atoms with Gasteiger partial charge in [0.2, 0.25) is 0 Å². The molecule has 0 bridgehead atoms. The van der Waals surface area contributed by atoms with Crippen molar-refractivity contribution in [2.45, 2.75) is 58.8 Å². The molecular formula is C14H30IN3. The van der Waals surface area contributed by atoms with Crippen LogP contribution in [0.15, 0.2) is 4.99 Å². The Hall–Kier alpha value is 0. The highest BCUT2D eigenvalue weighted by Crippen LogP contribution is 2.28. The summed E-state index contributed by atoms with van der Waals surface area (Å²) >= 11 is 0. The Morgan fingerprint density at radius 2 is 1.89 bits per heavy atom. The SMILES string of the molecule is CCCN=C(NCC)NCCCC1CCCC1.I. The third-order valence-electron chi connectivity index (χ3n) is 3.39. The summed E-state index contributed by atoms with van der Waals surface area (Å²) in [7, 11) is 0. The zero-order valence-corrected chi connectivity index (χ0v) is 14.3. The van der Waals surface area contributed by atoms with Gasteiger partial charge < -0.3 is 10.6 Å². The summed E-state index contributed by atoms with van der Waals surface area (Å²) < 4.78 is 0. The monoisotopic (exact) mass is 367 g/mol. The number of aliphatic imine (C=N–C) groups is 1. The molecular weight excluding hydrogens is 337 g/mol. The Kier molecular flexibility index (Phi) is 12.1. The molecule has 2 N–H and O–H groups in total. The van der Waals surface area contributed by atoms with E-state index in [2.05, 4.69) is 29.5 Å². The van der Waals surface area contributed by atoms with Crippen molar-refractivity contribution in [2.75, 3.05) is 19.6 Å². The van der Waals surface area contributed by atoms with Crippen LogP contribution in [0.4, 0.5) is 0 Å². The van der Waals surface area contributed by atoms with Gasteiger partial charge in [-0.1, -0.05) is 32.6 Å². The fourth-order valence-electron chi connectivity index (χ4n) is 2.46. The molecule has 0 saturated heterocycles. The topological polar surface area (TPSA) is 36.4 Å². The zero-order chi connectivity index (χ0) is 12.3. The van der Waals surface area contributed by atoms with Crippen LogP contribution < -0.4 is 10.6 Å². The molecule has 1 aliphatic carbocycles. The summed E-state index contributed by atoms with van der Waals surface area (Å²) in [5.74, 6) is 1.99. The number of guanidine groups is 1. The minimum Gasteiger partial charge on any atom is -0.357 e. The van der Waals surface area contributed by atoms with Crippen molar-refractivity contribution in [1.29, 1.82) is 0 Å². The maximum Gasteiger partial charge on any atom is 0.191 e. The fraction of sp³-hybridized carbons (Fsp3) is 0.929. The predicted octanol–water partition coefficient (Wildman–Crippen LogP) is 3.54. The van der Waals surface area contributed by atoms with Crippen molar-refractivity contribution in [3.8, 4) is 0 Å². The summed E-state index contributed by atoms with van der Waals surface area (Å²) in [6.07, 6.45) is 9.62. The molecule has 0 aromatic heterocycles. The average molecular weight is 367 g/mol. The lowest BCUT2D eigenvalue weighted by molar-refractivity contribution is 0.481. The van der Waals surface area contributed by atoms with E-state index in [9.17, 15) is 0 Å². The van der Waals surface area contributed by atoms with E-state index in [0.29, 0.717) is 0 Å². The first-order valence-electron chi connectivity index (χ1n) is 7.39. The molecule has 1 saturated carbocycles. The van der Waals surface area contributed by atoms with Gasteiger partial charge in [0.1, 0.15) is 0 Å². The minimum atomic E-state index is 0. The molecule has 4 heteroatoms. The molecule has 1 fully saturated rings. The van der Waals surface area contributed by atoms with E-state index in [-0.39, 0.29) is 24.0 Å². The Balaban J connectivity index is 0.00000289. The molecule has 0 radical (unpaired) electrons. The largest absolute Gasteiger partial charge is 0.357 e. The number of nitrogens with one attached hydrogen (secondary N) is 2. The van der Waals surface area contributed by atoms with Gasteiger partial charge in [-0.05, 0) is 32.1 Å². The highest BCUT2D eigenvalue weighted by Gasteiger charge is 2.13. The number of rotatable bonds is 7. The molecule has 3 nitrogen and oxygen atoms in total. The van der Waals surface area contributed by atoms with Crippen LogP contribution in [0.2, 0.25) is 0 Å². The smallest absolute Gasteiger partial charge is 0.191 e. The summed E-state index contributed by atoms with van der Waals surface area (Å²) in [4.78, 5) is 4.50. The van der Waals surface area contributed by atoms with Gasteiger partial charge in [-0.15, -0.1) is 24.0 Å². The summed E-state index contributed by atoms with van der Waals surface area (Å²) in [6.45, 7) is 7.19. The third kappa shape index (κ3) is 8.16. The van der Waals surface area contributed by atoms with Gasteiger partial charge in [0.15, 0.2) is 5.96 Å². The van der Waals surface area contributed by atoms with Crippen molar-refractivity contribution < 1.29 is 0 Å². The van der Waals surface area contributed by atoms with E-state index >= 15 is 0 Å². The van der Waals surface area contributed by atoms with Crippen LogP contribution in [0.5, 0.6) is 0 Å². The van der Waals surface area contributed by atoms with E-state index < -0.39 is 0 Å². The van der Waals surface area contributed by atoms with Crippen LogP contribution in [-0.4, -0.2) is 25.6 Å². The van der Waals surface area contributed by atoms with E-state index in [1.165, 1.54) is 38.5 Å². The molecule has 108 valence electrons. The van der Waals surface area contributed by atoms with Gasteiger partial charge >= 0.3 is 0 Å². The number of halogens is 1. The molecule has 18 heavy (non-hydrogen) atoms. The summed E-state index contributed by atoms with van der Waals surface area (Å²) in [5, 5.41) is 6.70. The van der Waals surface area contributed by atoms with Gasteiger partial charge in [-0.2, -0.15) is 0 Å². The highest BCUT2D eigenvalue weighted by molar-refractivity contribution is 14.0. The van der Waals surface area contributed by atoms with Crippen LogP contribution in [0, 0.1) is 5.92 Å². The Labute approximate surface area is 130 Å². The van der Waals surface area contributed by atoms with Gasteiger partial charge in [-0.25, -0.2) is 0 Å². The van der Waals surface area contributed by atoms with E-state index in [1.54, 1.807) is 0 Å². The molecule has 0 unspecified atom stereocenters. The molecule has 0 aromatic rings. The van der Waals surface area contributed by atoms with Crippen molar-refractivity contribution in [3.05, 3.63) is 0 Å². The van der Waals surface area contributed by atoms with Gasteiger partial charge in [0, 0.05) is 19.6 Å². The molecule has 0 spiro atoms. The van der Waals surface area contributed by atoms with Crippen LogP contribution in [0.3, 0.4) is 0 Å². The second-order valence-corrected chi connectivity index (χ2v) is 4.98. The van der Waals surface area contributed by atoms with E-state index in [4.69, 9.17) is 0 Å². The maximum atomic E-state index is 4.50. The first-order valence-corrected chi connectivity index (χ1v) is 7.39. The highest BCUT2D eigenvalue weighted by atomic mass is 127. The normalized spacial score (nSPS) is 16.4. The second kappa shape index (κ2) is 12.1. The Bertz CT molecular complexity index is 213. The predicted molar refractivity (Wildman–Crippen MR) is 90.9 cm³/mol. The van der Waals surface area contributed by atoms with Crippen LogP contribution in [0.1, 0.15) is 58.8 Å². The van der Waals surface area contributed by atoms with Gasteiger partial charge in [-0.3, -0.25) is 4.99 Å². The third-order valence-corrected chi connectivity index (χ3v) is 3.39. The minimum absolute atomic E-state index is 0. The number of hydrogen-bond donors (Lipinski definition) is 2. The molecule has 0 heterocycles.